The number of rotatable bonds is 7. The zero-order chi connectivity index (χ0) is 30.5. The van der Waals surface area contributed by atoms with E-state index in [1.54, 1.807) is 56.5 Å². The van der Waals surface area contributed by atoms with Crippen molar-refractivity contribution in [2.24, 2.45) is 0 Å². The molecule has 4 aromatic rings. The molecular formula is C33H30O10. The Labute approximate surface area is 248 Å². The van der Waals surface area contributed by atoms with Crippen molar-refractivity contribution in [1.29, 1.82) is 0 Å². The Bertz CT molecular complexity index is 1650. The maximum absolute atomic E-state index is 13.7. The summed E-state index contributed by atoms with van der Waals surface area (Å²) >= 11 is 0. The van der Waals surface area contributed by atoms with E-state index >= 15 is 0 Å². The number of carbonyl (C=O) groups excluding carboxylic acids is 3. The number of methoxy groups -OCH3 is 3. The second-order valence-electron chi connectivity index (χ2n) is 9.85. The van der Waals surface area contributed by atoms with Gasteiger partial charge in [0.2, 0.25) is 0 Å². The SMILES string of the molecule is COC(=O)Oc1ccc(C2COc3cc(OC(=O)OC)ccc3C2OC(=O)C(C)c2ccc3cc(OC)ccc3c2)cc1. The standard InChI is InChI=1S/C33H30O10/c1-19(21-5-6-23-16-25(37-2)12-9-22(23)15-21)31(34)43-30-27-14-13-26(42-33(36)39-4)17-29(27)40-18-28(30)20-7-10-24(11-8-20)41-32(35)38-3/h5-17,19,28,30H,18H2,1-4H3. The number of fused-ring (bicyclic) bond motifs is 2. The molecule has 0 N–H and O–H groups in total. The van der Waals surface area contributed by atoms with Crippen LogP contribution in [-0.2, 0) is 19.0 Å². The van der Waals surface area contributed by atoms with Gasteiger partial charge in [-0.1, -0.05) is 36.4 Å². The van der Waals surface area contributed by atoms with Crippen LogP contribution in [0.25, 0.3) is 10.8 Å². The van der Waals surface area contributed by atoms with Crippen LogP contribution in [0.1, 0.15) is 41.6 Å². The lowest BCUT2D eigenvalue weighted by molar-refractivity contribution is -0.153. The average molecular weight is 587 g/mol. The van der Waals surface area contributed by atoms with E-state index in [4.69, 9.17) is 23.7 Å². The molecule has 0 spiro atoms. The monoisotopic (exact) mass is 586 g/mol. The summed E-state index contributed by atoms with van der Waals surface area (Å²) in [5, 5.41) is 1.96. The summed E-state index contributed by atoms with van der Waals surface area (Å²) in [6, 6.07) is 23.2. The van der Waals surface area contributed by atoms with Crippen molar-refractivity contribution < 1.29 is 47.5 Å². The molecule has 0 saturated heterocycles. The Morgan fingerprint density at radius 2 is 1.37 bits per heavy atom. The van der Waals surface area contributed by atoms with E-state index in [0.717, 1.165) is 27.6 Å². The van der Waals surface area contributed by atoms with Gasteiger partial charge in [0.1, 0.15) is 29.1 Å². The smallest absolute Gasteiger partial charge is 0.497 e. The van der Waals surface area contributed by atoms with E-state index in [0.29, 0.717) is 17.1 Å². The molecule has 5 rings (SSSR count). The van der Waals surface area contributed by atoms with Crippen molar-refractivity contribution in [3.8, 4) is 23.0 Å². The van der Waals surface area contributed by atoms with Gasteiger partial charge in [-0.3, -0.25) is 4.79 Å². The first kappa shape index (κ1) is 29.2. The molecule has 0 saturated carbocycles. The minimum absolute atomic E-state index is 0.163. The van der Waals surface area contributed by atoms with E-state index in [2.05, 4.69) is 9.47 Å². The number of hydrogen-bond donors (Lipinski definition) is 0. The first-order valence-electron chi connectivity index (χ1n) is 13.5. The van der Waals surface area contributed by atoms with Gasteiger partial charge in [0.25, 0.3) is 0 Å². The highest BCUT2D eigenvalue weighted by molar-refractivity contribution is 5.87. The topological polar surface area (TPSA) is 116 Å². The largest absolute Gasteiger partial charge is 0.513 e. The molecule has 0 aliphatic carbocycles. The summed E-state index contributed by atoms with van der Waals surface area (Å²) in [5.41, 5.74) is 2.20. The normalized spacial score (nSPS) is 16.2. The third-order valence-electron chi connectivity index (χ3n) is 7.29. The highest BCUT2D eigenvalue weighted by atomic mass is 16.7. The highest BCUT2D eigenvalue weighted by Crippen LogP contribution is 2.45. The van der Waals surface area contributed by atoms with E-state index < -0.39 is 36.2 Å². The Kier molecular flexibility index (Phi) is 8.66. The molecule has 0 radical (unpaired) electrons. The average Bonchev–Trinajstić information content (AvgIpc) is 3.04. The van der Waals surface area contributed by atoms with Gasteiger partial charge >= 0.3 is 18.3 Å². The van der Waals surface area contributed by atoms with Crippen LogP contribution in [0.2, 0.25) is 0 Å². The first-order valence-corrected chi connectivity index (χ1v) is 13.5. The Hall–Kier alpha value is -5.25. The van der Waals surface area contributed by atoms with E-state index in [1.807, 2.05) is 36.4 Å². The van der Waals surface area contributed by atoms with Crippen LogP contribution in [0.4, 0.5) is 9.59 Å². The lowest BCUT2D eigenvalue weighted by atomic mass is 9.87. The second kappa shape index (κ2) is 12.7. The molecule has 222 valence electrons. The van der Waals surface area contributed by atoms with Crippen LogP contribution >= 0.6 is 0 Å². The molecule has 0 amide bonds. The molecule has 0 aromatic heterocycles. The van der Waals surface area contributed by atoms with Crippen molar-refractivity contribution >= 4 is 29.1 Å². The van der Waals surface area contributed by atoms with Crippen LogP contribution in [-0.4, -0.2) is 46.2 Å². The summed E-state index contributed by atoms with van der Waals surface area (Å²) in [6.45, 7) is 1.96. The van der Waals surface area contributed by atoms with E-state index in [-0.39, 0.29) is 12.4 Å². The molecule has 3 atom stereocenters. The molecule has 0 bridgehead atoms. The molecule has 10 nitrogen and oxygen atoms in total. The molecule has 0 fully saturated rings. The number of hydrogen-bond acceptors (Lipinski definition) is 10. The molecule has 1 heterocycles. The van der Waals surface area contributed by atoms with Gasteiger partial charge in [0.05, 0.1) is 39.8 Å². The van der Waals surface area contributed by atoms with Crippen molar-refractivity contribution in [3.05, 3.63) is 95.6 Å². The van der Waals surface area contributed by atoms with E-state index in [1.165, 1.54) is 14.2 Å². The van der Waals surface area contributed by atoms with Gasteiger partial charge in [-0.25, -0.2) is 9.59 Å². The van der Waals surface area contributed by atoms with Gasteiger partial charge in [0, 0.05) is 11.6 Å². The highest BCUT2D eigenvalue weighted by Gasteiger charge is 2.37. The minimum atomic E-state index is -0.867. The van der Waals surface area contributed by atoms with E-state index in [9.17, 15) is 14.4 Å². The van der Waals surface area contributed by atoms with Crippen LogP contribution in [0.3, 0.4) is 0 Å². The fourth-order valence-electron chi connectivity index (χ4n) is 4.90. The Morgan fingerprint density at radius 1 is 0.744 bits per heavy atom. The lowest BCUT2D eigenvalue weighted by Crippen LogP contribution is -2.29. The van der Waals surface area contributed by atoms with Gasteiger partial charge in [-0.15, -0.1) is 0 Å². The number of ether oxygens (including phenoxy) is 7. The molecule has 1 aliphatic rings. The number of carbonyl (C=O) groups is 3. The van der Waals surface area contributed by atoms with Crippen LogP contribution in [0, 0.1) is 0 Å². The predicted molar refractivity (Wildman–Crippen MR) is 155 cm³/mol. The van der Waals surface area contributed by atoms with Crippen LogP contribution in [0.5, 0.6) is 23.0 Å². The molecule has 3 unspecified atom stereocenters. The predicted octanol–water partition coefficient (Wildman–Crippen LogP) is 6.70. The van der Waals surface area contributed by atoms with Gasteiger partial charge in [-0.2, -0.15) is 0 Å². The molecular weight excluding hydrogens is 556 g/mol. The van der Waals surface area contributed by atoms with Crippen molar-refractivity contribution in [2.45, 2.75) is 24.9 Å². The molecule has 43 heavy (non-hydrogen) atoms. The fourth-order valence-corrected chi connectivity index (χ4v) is 4.90. The minimum Gasteiger partial charge on any atom is -0.497 e. The number of benzene rings is 4. The summed E-state index contributed by atoms with van der Waals surface area (Å²) in [4.78, 5) is 36.8. The Morgan fingerprint density at radius 3 is 2.07 bits per heavy atom. The van der Waals surface area contributed by atoms with Crippen molar-refractivity contribution in [2.75, 3.05) is 27.9 Å². The summed E-state index contributed by atoms with van der Waals surface area (Å²) in [7, 11) is 4.06. The van der Waals surface area contributed by atoms with Gasteiger partial charge < -0.3 is 33.2 Å². The fraction of sp³-hybridized carbons (Fsp3) is 0.242. The zero-order valence-electron chi connectivity index (χ0n) is 24.0. The quantitative estimate of drug-likeness (QED) is 0.132. The summed E-state index contributed by atoms with van der Waals surface area (Å²) in [5.74, 6) is 0.295. The third kappa shape index (κ3) is 6.48. The molecule has 10 heteroatoms. The van der Waals surface area contributed by atoms with Crippen molar-refractivity contribution in [1.82, 2.24) is 0 Å². The third-order valence-corrected chi connectivity index (χ3v) is 7.29. The second-order valence-corrected chi connectivity index (χ2v) is 9.85. The maximum Gasteiger partial charge on any atom is 0.513 e. The van der Waals surface area contributed by atoms with Gasteiger partial charge in [0.15, 0.2) is 0 Å². The van der Waals surface area contributed by atoms with Crippen LogP contribution in [0.15, 0.2) is 78.9 Å². The number of esters is 1. The maximum atomic E-state index is 13.7. The Balaban J connectivity index is 1.44. The lowest BCUT2D eigenvalue weighted by Gasteiger charge is -2.34. The molecule has 1 aliphatic heterocycles. The molecule has 4 aromatic carbocycles. The van der Waals surface area contributed by atoms with Crippen LogP contribution < -0.4 is 18.9 Å². The van der Waals surface area contributed by atoms with Gasteiger partial charge in [-0.05, 0) is 65.2 Å². The first-order chi connectivity index (χ1) is 20.8. The zero-order valence-corrected chi connectivity index (χ0v) is 24.0. The summed E-state index contributed by atoms with van der Waals surface area (Å²) < 4.78 is 37.0. The summed E-state index contributed by atoms with van der Waals surface area (Å²) in [6.07, 6.45) is -2.43. The van der Waals surface area contributed by atoms with Crippen molar-refractivity contribution in [3.63, 3.8) is 0 Å².